The molecule has 1 heterocycles. The lowest BCUT2D eigenvalue weighted by molar-refractivity contribution is 0.0781. The van der Waals surface area contributed by atoms with Crippen molar-refractivity contribution >= 4 is 11.6 Å². The van der Waals surface area contributed by atoms with Crippen molar-refractivity contribution in [2.24, 2.45) is 0 Å². The van der Waals surface area contributed by atoms with Crippen molar-refractivity contribution in [1.82, 2.24) is 4.90 Å². The van der Waals surface area contributed by atoms with E-state index in [0.717, 1.165) is 18.7 Å². The lowest BCUT2D eigenvalue weighted by atomic mass is 10.1. The van der Waals surface area contributed by atoms with E-state index in [1.54, 1.807) is 37.3 Å². The predicted molar refractivity (Wildman–Crippen MR) is 103 cm³/mol. The fourth-order valence-corrected chi connectivity index (χ4v) is 3.43. The third-order valence-corrected chi connectivity index (χ3v) is 4.83. The number of benzene rings is 2. The number of rotatable bonds is 6. The highest BCUT2D eigenvalue weighted by molar-refractivity contribution is 5.97. The number of nitrogens with zero attached hydrogens (tertiary/aromatic N) is 2. The van der Waals surface area contributed by atoms with Gasteiger partial charge in [-0.05, 0) is 42.7 Å². The minimum absolute atomic E-state index is 0.0861. The van der Waals surface area contributed by atoms with E-state index in [1.165, 1.54) is 18.5 Å². The number of methoxy groups -OCH3 is 2. The summed E-state index contributed by atoms with van der Waals surface area (Å²) in [6.45, 7) is 2.71. The molecule has 0 N–H and O–H groups in total. The Hall–Kier alpha value is -2.69. The summed E-state index contributed by atoms with van der Waals surface area (Å²) in [5.41, 5.74) is 2.89. The van der Waals surface area contributed by atoms with E-state index in [2.05, 4.69) is 23.1 Å². The van der Waals surface area contributed by atoms with Crippen LogP contribution in [0.2, 0.25) is 0 Å². The molecule has 1 aliphatic rings. The van der Waals surface area contributed by atoms with E-state index in [1.807, 2.05) is 13.1 Å². The van der Waals surface area contributed by atoms with Crippen LogP contribution in [0.4, 0.5) is 5.69 Å². The maximum Gasteiger partial charge on any atom is 0.257 e. The summed E-state index contributed by atoms with van der Waals surface area (Å²) in [6, 6.07) is 13.6. The van der Waals surface area contributed by atoms with Crippen molar-refractivity contribution in [3.8, 4) is 11.5 Å². The second-order valence-corrected chi connectivity index (χ2v) is 6.55. The van der Waals surface area contributed by atoms with Gasteiger partial charge in [-0.3, -0.25) is 4.79 Å². The molecule has 2 aromatic carbocycles. The van der Waals surface area contributed by atoms with Crippen LogP contribution in [-0.4, -0.2) is 45.2 Å². The van der Waals surface area contributed by atoms with E-state index in [9.17, 15) is 4.79 Å². The average molecular weight is 354 g/mol. The first kappa shape index (κ1) is 18.1. The van der Waals surface area contributed by atoms with Crippen molar-refractivity contribution in [2.45, 2.75) is 19.4 Å². The molecule has 3 rings (SSSR count). The fourth-order valence-electron chi connectivity index (χ4n) is 3.43. The molecule has 5 heteroatoms. The molecule has 2 aromatic rings. The number of carbonyl (C=O) groups excluding carboxylic acids is 1. The van der Waals surface area contributed by atoms with Gasteiger partial charge in [0.05, 0.1) is 19.8 Å². The SMILES string of the molecule is COc1ccc(OC)c(C(=O)N(C)Cc2ccccc2N2CCCC2)c1. The molecule has 0 atom stereocenters. The van der Waals surface area contributed by atoms with Gasteiger partial charge < -0.3 is 19.3 Å². The van der Waals surface area contributed by atoms with Crippen LogP contribution in [0, 0.1) is 0 Å². The first-order valence-electron chi connectivity index (χ1n) is 8.94. The molecular formula is C21H26N2O3. The molecule has 0 aromatic heterocycles. The van der Waals surface area contributed by atoms with E-state index in [-0.39, 0.29) is 5.91 Å². The molecule has 1 aliphatic heterocycles. The summed E-state index contributed by atoms with van der Waals surface area (Å²) in [6.07, 6.45) is 2.45. The smallest absolute Gasteiger partial charge is 0.257 e. The minimum Gasteiger partial charge on any atom is -0.497 e. The first-order valence-corrected chi connectivity index (χ1v) is 8.94. The zero-order valence-corrected chi connectivity index (χ0v) is 15.7. The molecule has 0 spiro atoms. The van der Waals surface area contributed by atoms with Gasteiger partial charge in [-0.1, -0.05) is 18.2 Å². The van der Waals surface area contributed by atoms with Gasteiger partial charge in [0, 0.05) is 32.4 Å². The highest BCUT2D eigenvalue weighted by Crippen LogP contribution is 2.28. The molecule has 0 aliphatic carbocycles. The van der Waals surface area contributed by atoms with Gasteiger partial charge in [0.15, 0.2) is 0 Å². The van der Waals surface area contributed by atoms with Gasteiger partial charge in [0.25, 0.3) is 5.91 Å². The van der Waals surface area contributed by atoms with Gasteiger partial charge >= 0.3 is 0 Å². The lowest BCUT2D eigenvalue weighted by Gasteiger charge is -2.25. The summed E-state index contributed by atoms with van der Waals surface area (Å²) in [4.78, 5) is 17.1. The van der Waals surface area contributed by atoms with Crippen molar-refractivity contribution in [3.05, 3.63) is 53.6 Å². The average Bonchev–Trinajstić information content (AvgIpc) is 3.21. The first-order chi connectivity index (χ1) is 12.6. The summed E-state index contributed by atoms with van der Waals surface area (Å²) < 4.78 is 10.6. The van der Waals surface area contributed by atoms with Crippen LogP contribution < -0.4 is 14.4 Å². The Bertz CT molecular complexity index is 770. The third-order valence-electron chi connectivity index (χ3n) is 4.83. The topological polar surface area (TPSA) is 42.0 Å². The molecule has 0 bridgehead atoms. The van der Waals surface area contributed by atoms with Crippen molar-refractivity contribution in [3.63, 3.8) is 0 Å². The number of hydrogen-bond donors (Lipinski definition) is 0. The number of para-hydroxylation sites is 1. The minimum atomic E-state index is -0.0861. The summed E-state index contributed by atoms with van der Waals surface area (Å²) in [5.74, 6) is 1.10. The van der Waals surface area contributed by atoms with Gasteiger partial charge in [0.1, 0.15) is 11.5 Å². The Labute approximate surface area is 155 Å². The Morgan fingerprint density at radius 1 is 1.08 bits per heavy atom. The lowest BCUT2D eigenvalue weighted by Crippen LogP contribution is -2.28. The number of amides is 1. The largest absolute Gasteiger partial charge is 0.497 e. The van der Waals surface area contributed by atoms with Gasteiger partial charge in [-0.25, -0.2) is 0 Å². The Morgan fingerprint density at radius 2 is 1.81 bits per heavy atom. The highest BCUT2D eigenvalue weighted by atomic mass is 16.5. The Morgan fingerprint density at radius 3 is 2.50 bits per heavy atom. The molecular weight excluding hydrogens is 328 g/mol. The predicted octanol–water partition coefficient (Wildman–Crippen LogP) is 3.58. The van der Waals surface area contributed by atoms with E-state index in [4.69, 9.17) is 9.47 Å². The molecule has 1 fully saturated rings. The molecule has 26 heavy (non-hydrogen) atoms. The van der Waals surface area contributed by atoms with Crippen LogP contribution >= 0.6 is 0 Å². The molecule has 1 amide bonds. The summed E-state index contributed by atoms with van der Waals surface area (Å²) >= 11 is 0. The third kappa shape index (κ3) is 3.77. The molecule has 1 saturated heterocycles. The standard InChI is InChI=1S/C21H26N2O3/c1-22(21(24)18-14-17(25-2)10-11-20(18)26-3)15-16-8-4-5-9-19(16)23-12-6-7-13-23/h4-5,8-11,14H,6-7,12-13,15H2,1-3H3. The Balaban J connectivity index is 1.82. The molecule has 0 radical (unpaired) electrons. The normalized spacial score (nSPS) is 13.6. The Kier molecular flexibility index (Phi) is 5.66. The van der Waals surface area contributed by atoms with Gasteiger partial charge in [0.2, 0.25) is 0 Å². The molecule has 5 nitrogen and oxygen atoms in total. The molecule has 0 unspecified atom stereocenters. The quantitative estimate of drug-likeness (QED) is 0.795. The maximum atomic E-state index is 13.0. The van der Waals surface area contributed by atoms with Crippen LogP contribution in [0.25, 0.3) is 0 Å². The van der Waals surface area contributed by atoms with E-state index < -0.39 is 0 Å². The summed E-state index contributed by atoms with van der Waals surface area (Å²) in [5, 5.41) is 0. The second-order valence-electron chi connectivity index (χ2n) is 6.55. The van der Waals surface area contributed by atoms with Crippen molar-refractivity contribution < 1.29 is 14.3 Å². The maximum absolute atomic E-state index is 13.0. The second kappa shape index (κ2) is 8.13. The van der Waals surface area contributed by atoms with E-state index in [0.29, 0.717) is 23.6 Å². The number of carbonyl (C=O) groups is 1. The van der Waals surface area contributed by atoms with Crippen LogP contribution in [0.3, 0.4) is 0 Å². The van der Waals surface area contributed by atoms with Crippen molar-refractivity contribution in [2.75, 3.05) is 39.3 Å². The van der Waals surface area contributed by atoms with Crippen LogP contribution in [0.15, 0.2) is 42.5 Å². The van der Waals surface area contributed by atoms with Crippen LogP contribution in [0.5, 0.6) is 11.5 Å². The molecule has 138 valence electrons. The zero-order chi connectivity index (χ0) is 18.5. The number of hydrogen-bond acceptors (Lipinski definition) is 4. The number of anilines is 1. The van der Waals surface area contributed by atoms with Gasteiger partial charge in [-0.2, -0.15) is 0 Å². The van der Waals surface area contributed by atoms with Crippen molar-refractivity contribution in [1.29, 1.82) is 0 Å². The van der Waals surface area contributed by atoms with Gasteiger partial charge in [-0.15, -0.1) is 0 Å². The fraction of sp³-hybridized carbons (Fsp3) is 0.381. The van der Waals surface area contributed by atoms with E-state index >= 15 is 0 Å². The van der Waals surface area contributed by atoms with Crippen LogP contribution in [0.1, 0.15) is 28.8 Å². The number of ether oxygens (including phenoxy) is 2. The van der Waals surface area contributed by atoms with Crippen LogP contribution in [-0.2, 0) is 6.54 Å². The molecule has 0 saturated carbocycles. The summed E-state index contributed by atoms with van der Waals surface area (Å²) in [7, 11) is 4.98. The zero-order valence-electron chi connectivity index (χ0n) is 15.7. The monoisotopic (exact) mass is 354 g/mol. The highest BCUT2D eigenvalue weighted by Gasteiger charge is 2.21.